The molecule has 4 nitrogen and oxygen atoms in total. The fraction of sp³-hybridized carbons (Fsp3) is 0.333. The van der Waals surface area contributed by atoms with Crippen LogP contribution in [0, 0.1) is 12.8 Å². The normalized spacial score (nSPS) is 13.3. The highest BCUT2D eigenvalue weighted by Gasteiger charge is 2.19. The van der Waals surface area contributed by atoms with Crippen molar-refractivity contribution in [3.63, 3.8) is 0 Å². The quantitative estimate of drug-likeness (QED) is 0.718. The van der Waals surface area contributed by atoms with Crippen LogP contribution in [-0.2, 0) is 20.4 Å². The lowest BCUT2D eigenvalue weighted by Crippen LogP contribution is -2.17. The molecule has 19 heavy (non-hydrogen) atoms. The van der Waals surface area contributed by atoms with Crippen LogP contribution in [0.15, 0.2) is 24.3 Å². The number of benzene rings is 1. The van der Waals surface area contributed by atoms with Crippen molar-refractivity contribution in [3.05, 3.63) is 36.8 Å². The largest absolute Gasteiger partial charge is 0.435 e. The van der Waals surface area contributed by atoms with Gasteiger partial charge >= 0.3 is 6.61 Å². The highest BCUT2D eigenvalue weighted by atomic mass is 32.2. The van der Waals surface area contributed by atoms with E-state index >= 15 is 0 Å². The second kappa shape index (κ2) is 6.60. The summed E-state index contributed by atoms with van der Waals surface area (Å²) >= 11 is 0. The molecule has 0 fully saturated rings. The summed E-state index contributed by atoms with van der Waals surface area (Å²) in [7, 11) is -3.69. The lowest BCUT2D eigenvalue weighted by molar-refractivity contribution is -0.109. The van der Waals surface area contributed by atoms with Crippen LogP contribution in [0.3, 0.4) is 0 Å². The Morgan fingerprint density at radius 2 is 1.95 bits per heavy atom. The number of alkyl halides is 2. The molecule has 1 aromatic carbocycles. The summed E-state index contributed by atoms with van der Waals surface area (Å²) in [5.41, 5.74) is 0.0981. The van der Waals surface area contributed by atoms with E-state index in [9.17, 15) is 22.0 Å². The third-order valence-corrected chi connectivity index (χ3v) is 3.83. The van der Waals surface area contributed by atoms with Gasteiger partial charge in [0.25, 0.3) is 0 Å². The van der Waals surface area contributed by atoms with Crippen LogP contribution in [0.25, 0.3) is 0 Å². The van der Waals surface area contributed by atoms with Crippen LogP contribution in [0.1, 0.15) is 5.56 Å². The maximum absolute atomic E-state index is 12.2. The monoisotopic (exact) mass is 290 g/mol. The van der Waals surface area contributed by atoms with Gasteiger partial charge in [-0.3, -0.25) is 0 Å². The van der Waals surface area contributed by atoms with E-state index in [2.05, 4.69) is 4.74 Å². The van der Waals surface area contributed by atoms with Gasteiger partial charge in [-0.05, 0) is 13.0 Å². The summed E-state index contributed by atoms with van der Waals surface area (Å²) in [4.78, 5) is 10.3. The first-order chi connectivity index (χ1) is 8.84. The molecule has 0 spiro atoms. The molecule has 7 heteroatoms. The number of ether oxygens (including phenoxy) is 1. The Morgan fingerprint density at radius 3 is 2.53 bits per heavy atom. The minimum atomic E-state index is -3.69. The van der Waals surface area contributed by atoms with E-state index in [0.29, 0.717) is 6.29 Å². The number of hydrogen-bond donors (Lipinski definition) is 0. The van der Waals surface area contributed by atoms with Crippen molar-refractivity contribution in [2.24, 2.45) is 5.92 Å². The van der Waals surface area contributed by atoms with Crippen molar-refractivity contribution in [2.75, 3.05) is 5.75 Å². The summed E-state index contributed by atoms with van der Waals surface area (Å²) in [5.74, 6) is -2.40. The standard InChI is InChI=1S/C12H12F2O4S/c1-9(6-15)7-19(16,17)8-10-4-2-3-5-11(10)18-12(13)14/h1-6,9,12H,7-8H2/t9-/m1/s1. The third-order valence-electron chi connectivity index (χ3n) is 2.19. The zero-order valence-corrected chi connectivity index (χ0v) is 10.6. The van der Waals surface area contributed by atoms with Crippen molar-refractivity contribution in [1.82, 2.24) is 0 Å². The molecule has 0 aromatic heterocycles. The third kappa shape index (κ3) is 5.34. The van der Waals surface area contributed by atoms with Crippen LogP contribution in [-0.4, -0.2) is 27.1 Å². The van der Waals surface area contributed by atoms with E-state index < -0.39 is 33.9 Å². The van der Waals surface area contributed by atoms with E-state index in [1.807, 2.05) is 0 Å². The molecule has 1 aromatic rings. The Hall–Kier alpha value is -1.50. The summed E-state index contributed by atoms with van der Waals surface area (Å²) in [6.07, 6.45) is 0.319. The average Bonchev–Trinajstić information content (AvgIpc) is 2.30. The summed E-state index contributed by atoms with van der Waals surface area (Å²) in [5, 5.41) is 0. The van der Waals surface area contributed by atoms with Gasteiger partial charge in [0.2, 0.25) is 0 Å². The predicted molar refractivity (Wildman–Crippen MR) is 64.4 cm³/mol. The van der Waals surface area contributed by atoms with E-state index in [1.54, 1.807) is 0 Å². The Kier molecular flexibility index (Phi) is 5.41. The molecule has 0 amide bonds. The van der Waals surface area contributed by atoms with Gasteiger partial charge in [0, 0.05) is 11.5 Å². The summed E-state index contributed by atoms with van der Waals surface area (Å²) < 4.78 is 52.0. The molecule has 0 aliphatic carbocycles. The van der Waals surface area contributed by atoms with Gasteiger partial charge in [-0.2, -0.15) is 8.78 Å². The number of carbonyl (C=O) groups is 1. The molecule has 0 aliphatic heterocycles. The predicted octanol–water partition coefficient (Wildman–Crippen LogP) is 1.73. The SMILES string of the molecule is [CH][C@H](C=O)CS(=O)(=O)Cc1ccccc1OC(F)F. The molecule has 0 saturated carbocycles. The topological polar surface area (TPSA) is 60.4 Å². The zero-order valence-electron chi connectivity index (χ0n) is 9.83. The zero-order chi connectivity index (χ0) is 14.5. The highest BCUT2D eigenvalue weighted by Crippen LogP contribution is 2.23. The van der Waals surface area contributed by atoms with Crippen LogP contribution in [0.2, 0.25) is 0 Å². The van der Waals surface area contributed by atoms with Gasteiger partial charge in [-0.15, -0.1) is 0 Å². The first-order valence-electron chi connectivity index (χ1n) is 5.28. The molecule has 1 atom stereocenters. The molecule has 104 valence electrons. The number of para-hydroxylation sites is 1. The molecule has 0 heterocycles. The first kappa shape index (κ1) is 15.6. The van der Waals surface area contributed by atoms with Gasteiger partial charge in [-0.1, -0.05) is 18.2 Å². The second-order valence-corrected chi connectivity index (χ2v) is 5.95. The molecule has 0 saturated heterocycles. The first-order valence-corrected chi connectivity index (χ1v) is 7.10. The average molecular weight is 290 g/mol. The Bertz CT molecular complexity index is 528. The maximum atomic E-state index is 12.2. The smallest absolute Gasteiger partial charge is 0.387 e. The molecule has 0 aliphatic rings. The van der Waals surface area contributed by atoms with E-state index in [1.165, 1.54) is 24.3 Å². The van der Waals surface area contributed by atoms with Crippen molar-refractivity contribution >= 4 is 16.1 Å². The number of sulfone groups is 1. The molecule has 2 radical (unpaired) electrons. The summed E-state index contributed by atoms with van der Waals surface area (Å²) in [6.45, 7) is 2.19. The van der Waals surface area contributed by atoms with Crippen molar-refractivity contribution in [2.45, 2.75) is 12.4 Å². The highest BCUT2D eigenvalue weighted by molar-refractivity contribution is 7.90. The lowest BCUT2D eigenvalue weighted by Gasteiger charge is -2.11. The Morgan fingerprint density at radius 1 is 1.32 bits per heavy atom. The fourth-order valence-corrected chi connectivity index (χ4v) is 2.96. The number of rotatable bonds is 7. The number of hydrogen-bond acceptors (Lipinski definition) is 4. The molecular weight excluding hydrogens is 278 g/mol. The van der Waals surface area contributed by atoms with Gasteiger partial charge < -0.3 is 9.53 Å². The van der Waals surface area contributed by atoms with Crippen LogP contribution >= 0.6 is 0 Å². The van der Waals surface area contributed by atoms with Crippen molar-refractivity contribution < 1.29 is 26.7 Å². The summed E-state index contributed by atoms with van der Waals surface area (Å²) in [6, 6.07) is 5.56. The Balaban J connectivity index is 2.89. The van der Waals surface area contributed by atoms with Gasteiger partial charge in [0.1, 0.15) is 12.0 Å². The van der Waals surface area contributed by atoms with Gasteiger partial charge in [0.15, 0.2) is 9.84 Å². The van der Waals surface area contributed by atoms with Crippen LogP contribution < -0.4 is 4.74 Å². The van der Waals surface area contributed by atoms with Gasteiger partial charge in [0.05, 0.1) is 11.5 Å². The van der Waals surface area contributed by atoms with Gasteiger partial charge in [-0.25, -0.2) is 8.42 Å². The minimum absolute atomic E-state index is 0.0981. The number of carbonyl (C=O) groups excluding carboxylic acids is 1. The second-order valence-electron chi connectivity index (χ2n) is 3.84. The molecule has 0 bridgehead atoms. The lowest BCUT2D eigenvalue weighted by atomic mass is 10.2. The van der Waals surface area contributed by atoms with Crippen LogP contribution in [0.5, 0.6) is 5.75 Å². The van der Waals surface area contributed by atoms with E-state index in [4.69, 9.17) is 6.92 Å². The van der Waals surface area contributed by atoms with E-state index in [-0.39, 0.29) is 11.3 Å². The van der Waals surface area contributed by atoms with E-state index in [0.717, 1.165) is 0 Å². The van der Waals surface area contributed by atoms with Crippen molar-refractivity contribution in [3.8, 4) is 5.75 Å². The molecular formula is C12H12F2O4S. The Labute approximate surface area is 110 Å². The maximum Gasteiger partial charge on any atom is 0.387 e. The minimum Gasteiger partial charge on any atom is -0.435 e. The fourth-order valence-electron chi connectivity index (χ4n) is 1.46. The molecule has 0 unspecified atom stereocenters. The molecule has 0 N–H and O–H groups in total. The number of halogens is 2. The number of aldehydes is 1. The van der Waals surface area contributed by atoms with Crippen LogP contribution in [0.4, 0.5) is 8.78 Å². The van der Waals surface area contributed by atoms with Crippen molar-refractivity contribution in [1.29, 1.82) is 0 Å². The molecule has 1 rings (SSSR count).